The van der Waals surface area contributed by atoms with Crippen LogP contribution in [-0.4, -0.2) is 11.5 Å². The number of rotatable bonds is 3. The van der Waals surface area contributed by atoms with Crippen LogP contribution in [0.5, 0.6) is 0 Å². The number of nitrogens with one attached hydrogen (secondary N) is 2. The van der Waals surface area contributed by atoms with E-state index in [4.69, 9.17) is 11.6 Å². The van der Waals surface area contributed by atoms with Crippen molar-refractivity contribution in [3.63, 3.8) is 0 Å². The molecule has 0 aliphatic carbocycles. The first-order valence-corrected chi connectivity index (χ1v) is 6.32. The second-order valence-corrected chi connectivity index (χ2v) is 5.07. The normalized spacial score (nSPS) is 21.4. The highest BCUT2D eigenvalue weighted by Crippen LogP contribution is 2.41. The lowest BCUT2D eigenvalue weighted by molar-refractivity contribution is 0.419. The molecule has 0 bridgehead atoms. The van der Waals surface area contributed by atoms with Crippen LogP contribution in [0.1, 0.15) is 32.3 Å². The Hall–Kier alpha value is -0.890. The van der Waals surface area contributed by atoms with Crippen molar-refractivity contribution in [1.29, 1.82) is 0 Å². The number of aromatic nitrogens is 1. The van der Waals surface area contributed by atoms with Crippen LogP contribution in [0.3, 0.4) is 0 Å². The highest BCUT2D eigenvalue weighted by molar-refractivity contribution is 6.33. The molecule has 0 radical (unpaired) electrons. The number of fused-ring (bicyclic) bond motifs is 1. The molecule has 2 nitrogen and oxygen atoms in total. The van der Waals surface area contributed by atoms with Gasteiger partial charge in [-0.15, -0.1) is 0 Å². The van der Waals surface area contributed by atoms with Gasteiger partial charge >= 0.3 is 0 Å². The van der Waals surface area contributed by atoms with Crippen molar-refractivity contribution in [2.75, 3.05) is 11.9 Å². The molecule has 2 N–H and O–H groups in total. The summed E-state index contributed by atoms with van der Waals surface area (Å²) < 4.78 is 0. The first-order chi connectivity index (χ1) is 7.65. The summed E-state index contributed by atoms with van der Waals surface area (Å²) in [6.07, 6.45) is 4.29. The van der Waals surface area contributed by atoms with Crippen LogP contribution in [-0.2, 0) is 0 Å². The van der Waals surface area contributed by atoms with Gasteiger partial charge in [-0.25, -0.2) is 0 Å². The SMILES string of the molecule is C=C1c2c(Cl)c[nH]c2NCC1C(C)CCC. The summed E-state index contributed by atoms with van der Waals surface area (Å²) in [6.45, 7) is 9.72. The molecule has 0 saturated heterocycles. The van der Waals surface area contributed by atoms with Crippen LogP contribution in [0.2, 0.25) is 5.02 Å². The summed E-state index contributed by atoms with van der Waals surface area (Å²) in [5.41, 5.74) is 2.27. The molecular formula is C13H19ClN2. The second kappa shape index (κ2) is 4.54. The molecule has 1 aliphatic heterocycles. The van der Waals surface area contributed by atoms with Gasteiger partial charge in [-0.1, -0.05) is 44.9 Å². The molecule has 2 unspecified atom stereocenters. The largest absolute Gasteiger partial charge is 0.370 e. The molecule has 2 rings (SSSR count). The Bertz CT molecular complexity index is 395. The third-order valence-electron chi connectivity index (χ3n) is 3.53. The Morgan fingerprint density at radius 1 is 1.62 bits per heavy atom. The van der Waals surface area contributed by atoms with Crippen LogP contribution in [0.25, 0.3) is 5.57 Å². The fourth-order valence-corrected chi connectivity index (χ4v) is 2.84. The Morgan fingerprint density at radius 3 is 3.06 bits per heavy atom. The molecule has 16 heavy (non-hydrogen) atoms. The molecule has 0 aromatic carbocycles. The molecule has 0 fully saturated rings. The van der Waals surface area contributed by atoms with Gasteiger partial charge in [0.25, 0.3) is 0 Å². The van der Waals surface area contributed by atoms with Crippen LogP contribution in [0.4, 0.5) is 5.82 Å². The summed E-state index contributed by atoms with van der Waals surface area (Å²) in [5.74, 6) is 2.18. The van der Waals surface area contributed by atoms with Gasteiger partial charge in [0, 0.05) is 24.2 Å². The number of hydrogen-bond acceptors (Lipinski definition) is 1. The number of H-pyrrole nitrogens is 1. The van der Waals surface area contributed by atoms with E-state index >= 15 is 0 Å². The molecule has 0 amide bonds. The molecule has 1 aromatic heterocycles. The van der Waals surface area contributed by atoms with Gasteiger partial charge < -0.3 is 10.3 Å². The maximum absolute atomic E-state index is 6.17. The maximum Gasteiger partial charge on any atom is 0.112 e. The van der Waals surface area contributed by atoms with E-state index in [1.807, 2.05) is 6.20 Å². The Morgan fingerprint density at radius 2 is 2.38 bits per heavy atom. The molecule has 0 spiro atoms. The predicted molar refractivity (Wildman–Crippen MR) is 70.9 cm³/mol. The van der Waals surface area contributed by atoms with Crippen molar-refractivity contribution < 1.29 is 0 Å². The number of hydrogen-bond donors (Lipinski definition) is 2. The predicted octanol–water partition coefficient (Wildman–Crippen LogP) is 4.16. The van der Waals surface area contributed by atoms with E-state index in [9.17, 15) is 0 Å². The molecule has 0 saturated carbocycles. The van der Waals surface area contributed by atoms with E-state index < -0.39 is 0 Å². The standard InChI is InChI=1S/C13H19ClN2/c1-4-5-8(2)10-6-15-13-12(9(10)3)11(14)7-16-13/h7-8,10,15-16H,3-6H2,1-2H3. The molecule has 2 atom stereocenters. The van der Waals surface area contributed by atoms with Crippen molar-refractivity contribution >= 4 is 23.0 Å². The Labute approximate surface area is 102 Å². The summed E-state index contributed by atoms with van der Waals surface area (Å²) in [6, 6.07) is 0. The van der Waals surface area contributed by atoms with Crippen molar-refractivity contribution in [1.82, 2.24) is 4.98 Å². The molecule has 88 valence electrons. The lowest BCUT2D eigenvalue weighted by Gasteiger charge is -2.31. The smallest absolute Gasteiger partial charge is 0.112 e. The second-order valence-electron chi connectivity index (χ2n) is 4.67. The lowest BCUT2D eigenvalue weighted by atomic mass is 9.80. The Balaban J connectivity index is 2.23. The zero-order valence-corrected chi connectivity index (χ0v) is 10.7. The lowest BCUT2D eigenvalue weighted by Crippen LogP contribution is -2.26. The van der Waals surface area contributed by atoms with Crippen LogP contribution < -0.4 is 5.32 Å². The van der Waals surface area contributed by atoms with E-state index in [1.54, 1.807) is 0 Å². The van der Waals surface area contributed by atoms with Crippen molar-refractivity contribution in [2.24, 2.45) is 11.8 Å². The van der Waals surface area contributed by atoms with Crippen molar-refractivity contribution in [2.45, 2.75) is 26.7 Å². The van der Waals surface area contributed by atoms with Gasteiger partial charge in [-0.2, -0.15) is 0 Å². The zero-order chi connectivity index (χ0) is 11.7. The third-order valence-corrected chi connectivity index (χ3v) is 3.83. The molecule has 2 heterocycles. The fraction of sp³-hybridized carbons (Fsp3) is 0.538. The van der Waals surface area contributed by atoms with E-state index in [-0.39, 0.29) is 0 Å². The molecule has 1 aromatic rings. The minimum absolute atomic E-state index is 0.501. The fourth-order valence-electron chi connectivity index (χ4n) is 2.57. The van der Waals surface area contributed by atoms with Gasteiger partial charge in [-0.3, -0.25) is 0 Å². The topological polar surface area (TPSA) is 27.8 Å². The molecule has 1 aliphatic rings. The maximum atomic E-state index is 6.17. The highest BCUT2D eigenvalue weighted by atomic mass is 35.5. The van der Waals surface area contributed by atoms with Gasteiger partial charge in [0.05, 0.1) is 5.02 Å². The minimum Gasteiger partial charge on any atom is -0.370 e. The summed E-state index contributed by atoms with van der Waals surface area (Å²) >= 11 is 6.17. The van der Waals surface area contributed by atoms with Gasteiger partial charge in [-0.05, 0) is 11.5 Å². The van der Waals surface area contributed by atoms with Crippen LogP contribution >= 0.6 is 11.6 Å². The molecule has 3 heteroatoms. The summed E-state index contributed by atoms with van der Waals surface area (Å²) in [5, 5.41) is 4.18. The van der Waals surface area contributed by atoms with E-state index in [0.29, 0.717) is 11.8 Å². The van der Waals surface area contributed by atoms with Gasteiger partial charge in [0.1, 0.15) is 5.82 Å². The molecular weight excluding hydrogens is 220 g/mol. The average Bonchev–Trinajstić information content (AvgIpc) is 2.62. The highest BCUT2D eigenvalue weighted by Gasteiger charge is 2.28. The van der Waals surface area contributed by atoms with Crippen LogP contribution in [0, 0.1) is 11.8 Å². The number of anilines is 1. The van der Waals surface area contributed by atoms with Crippen molar-refractivity contribution in [3.8, 4) is 0 Å². The first-order valence-electron chi connectivity index (χ1n) is 5.95. The van der Waals surface area contributed by atoms with E-state index in [2.05, 4.69) is 30.7 Å². The summed E-state index contributed by atoms with van der Waals surface area (Å²) in [7, 11) is 0. The van der Waals surface area contributed by atoms with Gasteiger partial charge in [0.2, 0.25) is 0 Å². The number of halogens is 1. The zero-order valence-electron chi connectivity index (χ0n) is 9.94. The van der Waals surface area contributed by atoms with Gasteiger partial charge in [0.15, 0.2) is 0 Å². The van der Waals surface area contributed by atoms with E-state index in [0.717, 1.165) is 22.9 Å². The quantitative estimate of drug-likeness (QED) is 0.813. The van der Waals surface area contributed by atoms with Crippen molar-refractivity contribution in [3.05, 3.63) is 23.4 Å². The minimum atomic E-state index is 0.501. The Kier molecular flexibility index (Phi) is 3.29. The van der Waals surface area contributed by atoms with Crippen LogP contribution in [0.15, 0.2) is 12.8 Å². The van der Waals surface area contributed by atoms with E-state index in [1.165, 1.54) is 18.4 Å². The third kappa shape index (κ3) is 1.86. The first kappa shape index (κ1) is 11.6. The number of aromatic amines is 1. The average molecular weight is 239 g/mol. The summed E-state index contributed by atoms with van der Waals surface area (Å²) in [4.78, 5) is 3.14. The monoisotopic (exact) mass is 238 g/mol.